The Labute approximate surface area is 178 Å². The summed E-state index contributed by atoms with van der Waals surface area (Å²) in [6.45, 7) is 8.23. The summed E-state index contributed by atoms with van der Waals surface area (Å²) in [7, 11) is 1.70. The first-order chi connectivity index (χ1) is 14.2. The molecule has 0 saturated carbocycles. The molecule has 154 valence electrons. The van der Waals surface area contributed by atoms with E-state index in [1.54, 1.807) is 48.3 Å². The first kappa shape index (κ1) is 21.3. The molecular weight excluding hydrogens is 374 g/mol. The van der Waals surface area contributed by atoms with Gasteiger partial charge in [0, 0.05) is 12.6 Å². The molecule has 4 heteroatoms. The molecule has 0 aromatic heterocycles. The van der Waals surface area contributed by atoms with Crippen LogP contribution in [0.4, 0.5) is 5.69 Å². The van der Waals surface area contributed by atoms with E-state index in [4.69, 9.17) is 4.74 Å². The number of ether oxygens (including phenoxy) is 1. The molecule has 3 rings (SSSR count). The van der Waals surface area contributed by atoms with Gasteiger partial charge in [-0.05, 0) is 53.8 Å². The van der Waals surface area contributed by atoms with Crippen LogP contribution in [0.5, 0.6) is 5.75 Å². The van der Waals surface area contributed by atoms with Gasteiger partial charge in [0.05, 0.1) is 11.3 Å². The zero-order valence-corrected chi connectivity index (χ0v) is 18.1. The number of amides is 1. The minimum absolute atomic E-state index is 0.127. The highest BCUT2D eigenvalue weighted by atomic mass is 16.5. The average Bonchev–Trinajstić information content (AvgIpc) is 2.74. The van der Waals surface area contributed by atoms with E-state index in [1.165, 1.54) is 0 Å². The van der Waals surface area contributed by atoms with Crippen LogP contribution in [0.15, 0.2) is 72.8 Å². The van der Waals surface area contributed by atoms with Crippen molar-refractivity contribution in [3.63, 3.8) is 0 Å². The zero-order valence-electron chi connectivity index (χ0n) is 18.1. The van der Waals surface area contributed by atoms with Crippen LogP contribution in [0.3, 0.4) is 0 Å². The zero-order chi connectivity index (χ0) is 21.9. The van der Waals surface area contributed by atoms with E-state index < -0.39 is 5.97 Å². The van der Waals surface area contributed by atoms with Gasteiger partial charge >= 0.3 is 5.97 Å². The second kappa shape index (κ2) is 8.54. The number of anilines is 1. The fourth-order valence-corrected chi connectivity index (χ4v) is 3.18. The fourth-order valence-electron chi connectivity index (χ4n) is 3.18. The van der Waals surface area contributed by atoms with E-state index in [9.17, 15) is 9.59 Å². The smallest absolute Gasteiger partial charge is 0.343 e. The van der Waals surface area contributed by atoms with Gasteiger partial charge in [0.15, 0.2) is 5.75 Å². The number of hydrogen-bond donors (Lipinski definition) is 0. The topological polar surface area (TPSA) is 46.6 Å². The number of hydrogen-bond acceptors (Lipinski definition) is 3. The van der Waals surface area contributed by atoms with Gasteiger partial charge < -0.3 is 9.64 Å². The predicted octanol–water partition coefficient (Wildman–Crippen LogP) is 5.79. The molecule has 0 spiro atoms. The van der Waals surface area contributed by atoms with Gasteiger partial charge in [0.1, 0.15) is 0 Å². The quantitative estimate of drug-likeness (QED) is 0.411. The van der Waals surface area contributed by atoms with E-state index in [-0.39, 0.29) is 11.3 Å². The molecule has 0 unspecified atom stereocenters. The van der Waals surface area contributed by atoms with E-state index in [0.717, 1.165) is 11.1 Å². The third-order valence-electron chi connectivity index (χ3n) is 5.01. The van der Waals surface area contributed by atoms with E-state index in [2.05, 4.69) is 20.8 Å². The molecule has 3 aromatic rings. The maximum absolute atomic E-state index is 13.1. The van der Waals surface area contributed by atoms with Crippen molar-refractivity contribution in [1.29, 1.82) is 0 Å². The van der Waals surface area contributed by atoms with Crippen LogP contribution in [-0.2, 0) is 5.41 Å². The number of aryl methyl sites for hydroxylation is 1. The lowest BCUT2D eigenvalue weighted by atomic mass is 9.85. The summed E-state index contributed by atoms with van der Waals surface area (Å²) in [5.74, 6) is -0.231. The van der Waals surface area contributed by atoms with E-state index in [0.29, 0.717) is 22.6 Å². The number of nitrogens with zero attached hydrogens (tertiary/aromatic N) is 1. The first-order valence-corrected chi connectivity index (χ1v) is 9.94. The maximum atomic E-state index is 13.1. The van der Waals surface area contributed by atoms with Crippen molar-refractivity contribution in [2.24, 2.45) is 0 Å². The molecule has 3 aromatic carbocycles. The molecule has 30 heavy (non-hydrogen) atoms. The highest BCUT2D eigenvalue weighted by molar-refractivity contribution is 6.07. The minimum Gasteiger partial charge on any atom is -0.420 e. The van der Waals surface area contributed by atoms with Gasteiger partial charge in [0.2, 0.25) is 0 Å². The molecule has 0 saturated heterocycles. The molecule has 0 aliphatic carbocycles. The second-order valence-corrected chi connectivity index (χ2v) is 8.38. The van der Waals surface area contributed by atoms with Gasteiger partial charge in [0.25, 0.3) is 5.91 Å². The van der Waals surface area contributed by atoms with Gasteiger partial charge in [-0.15, -0.1) is 0 Å². The van der Waals surface area contributed by atoms with Crippen molar-refractivity contribution in [3.05, 3.63) is 95.1 Å². The molecule has 0 aliphatic heterocycles. The minimum atomic E-state index is -0.455. The maximum Gasteiger partial charge on any atom is 0.343 e. The fraction of sp³-hybridized carbons (Fsp3) is 0.231. The molecule has 0 aliphatic rings. The lowest BCUT2D eigenvalue weighted by molar-refractivity contribution is 0.0732. The van der Waals surface area contributed by atoms with Crippen molar-refractivity contribution in [1.82, 2.24) is 0 Å². The molecule has 0 atom stereocenters. The summed E-state index contributed by atoms with van der Waals surface area (Å²) in [5.41, 5.74) is 3.33. The summed E-state index contributed by atoms with van der Waals surface area (Å²) in [6.07, 6.45) is 0. The van der Waals surface area contributed by atoms with Crippen molar-refractivity contribution >= 4 is 17.6 Å². The number of benzene rings is 3. The lowest BCUT2D eigenvalue weighted by Gasteiger charge is -2.26. The van der Waals surface area contributed by atoms with Crippen LogP contribution in [0.25, 0.3) is 0 Å². The Kier molecular flexibility index (Phi) is 6.06. The second-order valence-electron chi connectivity index (χ2n) is 8.38. The van der Waals surface area contributed by atoms with Gasteiger partial charge in [-0.2, -0.15) is 0 Å². The number of carbonyl (C=O) groups is 2. The highest BCUT2D eigenvalue weighted by Gasteiger charge is 2.25. The van der Waals surface area contributed by atoms with Gasteiger partial charge in [-0.1, -0.05) is 63.2 Å². The predicted molar refractivity (Wildman–Crippen MR) is 120 cm³/mol. The number of carbonyl (C=O) groups excluding carboxylic acids is 2. The molecule has 0 fully saturated rings. The van der Waals surface area contributed by atoms with Crippen molar-refractivity contribution < 1.29 is 14.3 Å². The molecule has 0 heterocycles. The summed E-state index contributed by atoms with van der Waals surface area (Å²) in [5, 5.41) is 0. The van der Waals surface area contributed by atoms with Gasteiger partial charge in [-0.25, -0.2) is 4.79 Å². The van der Waals surface area contributed by atoms with Crippen LogP contribution < -0.4 is 9.64 Å². The Morgan fingerprint density at radius 2 is 1.37 bits per heavy atom. The molecule has 0 N–H and O–H groups in total. The number of rotatable bonds is 4. The Morgan fingerprint density at radius 3 is 1.90 bits per heavy atom. The molecular formula is C26H27NO3. The Morgan fingerprint density at radius 1 is 0.833 bits per heavy atom. The standard InChI is InChI=1S/C26H27NO3/c1-18-16-21(26(2,3)4)17-22(27(5)24(28)19-12-8-6-9-13-19)23(18)30-25(29)20-14-10-7-11-15-20/h6-17H,1-5H3. The monoisotopic (exact) mass is 401 g/mol. The molecule has 0 bridgehead atoms. The summed E-state index contributed by atoms with van der Waals surface area (Å²) in [4.78, 5) is 27.4. The van der Waals surface area contributed by atoms with Crippen molar-refractivity contribution in [2.45, 2.75) is 33.1 Å². The van der Waals surface area contributed by atoms with Crippen LogP contribution in [0.2, 0.25) is 0 Å². The van der Waals surface area contributed by atoms with E-state index >= 15 is 0 Å². The van der Waals surface area contributed by atoms with Crippen molar-refractivity contribution in [3.8, 4) is 5.75 Å². The van der Waals surface area contributed by atoms with E-state index in [1.807, 2.05) is 43.3 Å². The largest absolute Gasteiger partial charge is 0.420 e. The lowest BCUT2D eigenvalue weighted by Crippen LogP contribution is -2.28. The Hall–Kier alpha value is -3.40. The van der Waals surface area contributed by atoms with Crippen molar-refractivity contribution in [2.75, 3.05) is 11.9 Å². The normalized spacial score (nSPS) is 11.1. The summed E-state index contributed by atoms with van der Waals surface area (Å²) >= 11 is 0. The Balaban J connectivity index is 2.07. The SMILES string of the molecule is Cc1cc(C(C)(C)C)cc(N(C)C(=O)c2ccccc2)c1OC(=O)c1ccccc1. The average molecular weight is 402 g/mol. The summed E-state index contributed by atoms with van der Waals surface area (Å²) < 4.78 is 5.80. The van der Waals surface area contributed by atoms with Gasteiger partial charge in [-0.3, -0.25) is 4.79 Å². The number of esters is 1. The third-order valence-corrected chi connectivity index (χ3v) is 5.01. The molecule has 4 nitrogen and oxygen atoms in total. The summed E-state index contributed by atoms with van der Waals surface area (Å²) in [6, 6.07) is 21.9. The third kappa shape index (κ3) is 4.60. The van der Waals surface area contributed by atoms with Crippen LogP contribution in [-0.4, -0.2) is 18.9 Å². The highest BCUT2D eigenvalue weighted by Crippen LogP contribution is 2.38. The molecule has 1 amide bonds. The van der Waals surface area contributed by atoms with Crippen LogP contribution in [0, 0.1) is 6.92 Å². The van der Waals surface area contributed by atoms with Crippen LogP contribution in [0.1, 0.15) is 52.6 Å². The Bertz CT molecular complexity index is 1050. The first-order valence-electron chi connectivity index (χ1n) is 9.94. The van der Waals surface area contributed by atoms with Crippen LogP contribution >= 0.6 is 0 Å². The molecule has 0 radical (unpaired) electrons.